The van der Waals surface area contributed by atoms with Crippen LogP contribution in [0.3, 0.4) is 0 Å². The van der Waals surface area contributed by atoms with Gasteiger partial charge in [0.1, 0.15) is 0 Å². The number of nitrogen functional groups attached to an aromatic ring is 1. The third-order valence-corrected chi connectivity index (χ3v) is 3.64. The van der Waals surface area contributed by atoms with Crippen molar-refractivity contribution in [3.63, 3.8) is 0 Å². The highest BCUT2D eigenvalue weighted by Crippen LogP contribution is 2.35. The molecule has 1 aliphatic heterocycles. The maximum atomic E-state index is 12.5. The second kappa shape index (κ2) is 4.35. The van der Waals surface area contributed by atoms with E-state index in [0.29, 0.717) is 22.5 Å². The summed E-state index contributed by atoms with van der Waals surface area (Å²) in [6.45, 7) is 1.80. The quantitative estimate of drug-likeness (QED) is 0.647. The number of imide groups is 1. The van der Waals surface area contributed by atoms with Crippen LogP contribution in [0.25, 0.3) is 0 Å². The molecule has 0 aliphatic carbocycles. The fraction of sp³-hybridized carbons (Fsp3) is 0.0667. The van der Waals surface area contributed by atoms with Gasteiger partial charge in [-0.25, -0.2) is 4.90 Å². The Morgan fingerprint density at radius 2 is 1.85 bits per heavy atom. The number of fused-ring (bicyclic) bond motifs is 1. The molecule has 5 heteroatoms. The average Bonchev–Trinajstić information content (AvgIpc) is 2.64. The summed E-state index contributed by atoms with van der Waals surface area (Å²) in [5.74, 6) is -0.713. The summed E-state index contributed by atoms with van der Waals surface area (Å²) in [6.07, 6.45) is 0. The monoisotopic (exact) mass is 286 g/mol. The molecule has 4 nitrogen and oxygen atoms in total. The smallest absolute Gasteiger partial charge is 0.266 e. The fourth-order valence-corrected chi connectivity index (χ4v) is 2.65. The lowest BCUT2D eigenvalue weighted by Crippen LogP contribution is -2.29. The minimum Gasteiger partial charge on any atom is -0.399 e. The van der Waals surface area contributed by atoms with E-state index in [9.17, 15) is 9.59 Å². The summed E-state index contributed by atoms with van der Waals surface area (Å²) < 4.78 is 0. The van der Waals surface area contributed by atoms with Crippen LogP contribution in [-0.2, 0) is 0 Å². The minimum absolute atomic E-state index is 0.275. The van der Waals surface area contributed by atoms with E-state index in [1.807, 2.05) is 0 Å². The van der Waals surface area contributed by atoms with Crippen LogP contribution in [0.2, 0.25) is 5.02 Å². The maximum absolute atomic E-state index is 12.5. The normalized spacial score (nSPS) is 13.8. The second-order valence-electron chi connectivity index (χ2n) is 4.65. The topological polar surface area (TPSA) is 63.4 Å². The van der Waals surface area contributed by atoms with Gasteiger partial charge in [-0.15, -0.1) is 0 Å². The molecule has 3 rings (SSSR count). The summed E-state index contributed by atoms with van der Waals surface area (Å²) in [6, 6.07) is 9.92. The molecule has 0 fully saturated rings. The lowest BCUT2D eigenvalue weighted by atomic mass is 10.0. The first kappa shape index (κ1) is 12.7. The van der Waals surface area contributed by atoms with Crippen molar-refractivity contribution in [2.45, 2.75) is 6.92 Å². The average molecular weight is 287 g/mol. The number of carbonyl (C=O) groups excluding carboxylic acids is 2. The molecule has 0 radical (unpaired) electrons. The Kier molecular flexibility index (Phi) is 2.76. The standard InChI is InChI=1S/C15H11ClN2O2/c1-8-3-2-4-10-13(8)15(20)18(14(10)19)12-6-5-9(17)7-11(12)16/h2-7H,17H2,1H3. The van der Waals surface area contributed by atoms with Crippen molar-refractivity contribution >= 4 is 34.8 Å². The van der Waals surface area contributed by atoms with Crippen molar-refractivity contribution in [1.29, 1.82) is 0 Å². The van der Waals surface area contributed by atoms with Gasteiger partial charge < -0.3 is 5.73 Å². The summed E-state index contributed by atoms with van der Waals surface area (Å²) in [5.41, 5.74) is 8.08. The Morgan fingerprint density at radius 3 is 2.50 bits per heavy atom. The zero-order valence-electron chi connectivity index (χ0n) is 10.7. The molecule has 0 bridgehead atoms. The van der Waals surface area contributed by atoms with Gasteiger partial charge in [-0.3, -0.25) is 9.59 Å². The number of hydrogen-bond donors (Lipinski definition) is 1. The third-order valence-electron chi connectivity index (χ3n) is 3.34. The van der Waals surface area contributed by atoms with E-state index < -0.39 is 0 Å². The highest BCUT2D eigenvalue weighted by Gasteiger charge is 2.38. The number of aryl methyl sites for hydroxylation is 1. The first-order valence-electron chi connectivity index (χ1n) is 6.04. The summed E-state index contributed by atoms with van der Waals surface area (Å²) in [5, 5.41) is 0.275. The number of amides is 2. The van der Waals surface area contributed by atoms with Crippen LogP contribution in [0.15, 0.2) is 36.4 Å². The van der Waals surface area contributed by atoms with Crippen LogP contribution in [0, 0.1) is 6.92 Å². The highest BCUT2D eigenvalue weighted by atomic mass is 35.5. The maximum Gasteiger partial charge on any atom is 0.266 e. The first-order chi connectivity index (χ1) is 9.50. The van der Waals surface area contributed by atoms with Gasteiger partial charge in [-0.05, 0) is 36.8 Å². The van der Waals surface area contributed by atoms with Crippen molar-refractivity contribution in [2.75, 3.05) is 10.6 Å². The Labute approximate surface area is 120 Å². The molecule has 2 aromatic rings. The van der Waals surface area contributed by atoms with Crippen molar-refractivity contribution in [3.05, 3.63) is 58.1 Å². The van der Waals surface area contributed by atoms with E-state index in [-0.39, 0.29) is 16.8 Å². The fourth-order valence-electron chi connectivity index (χ4n) is 2.38. The molecular weight excluding hydrogens is 276 g/mol. The Hall–Kier alpha value is -2.33. The van der Waals surface area contributed by atoms with Crippen molar-refractivity contribution < 1.29 is 9.59 Å². The van der Waals surface area contributed by atoms with Gasteiger partial charge in [0.2, 0.25) is 0 Å². The molecule has 1 aliphatic rings. The predicted octanol–water partition coefficient (Wildman–Crippen LogP) is 3.03. The van der Waals surface area contributed by atoms with Gasteiger partial charge in [0.25, 0.3) is 11.8 Å². The molecule has 1 heterocycles. The van der Waals surface area contributed by atoms with Crippen LogP contribution in [0.4, 0.5) is 11.4 Å². The van der Waals surface area contributed by atoms with Crippen molar-refractivity contribution in [3.8, 4) is 0 Å². The molecule has 20 heavy (non-hydrogen) atoms. The molecule has 0 aromatic heterocycles. The van der Waals surface area contributed by atoms with Crippen LogP contribution >= 0.6 is 11.6 Å². The van der Waals surface area contributed by atoms with E-state index in [4.69, 9.17) is 17.3 Å². The lowest BCUT2D eigenvalue weighted by molar-refractivity contribution is 0.0926. The minimum atomic E-state index is -0.361. The predicted molar refractivity (Wildman–Crippen MR) is 78.2 cm³/mol. The molecular formula is C15H11ClN2O2. The van der Waals surface area contributed by atoms with Gasteiger partial charge in [0.15, 0.2) is 0 Å². The molecule has 0 spiro atoms. The molecule has 2 N–H and O–H groups in total. The number of hydrogen-bond acceptors (Lipinski definition) is 3. The number of nitrogens with two attached hydrogens (primary N) is 1. The zero-order valence-corrected chi connectivity index (χ0v) is 11.4. The molecule has 2 amide bonds. The molecule has 0 unspecified atom stereocenters. The van der Waals surface area contributed by atoms with Gasteiger partial charge in [0.05, 0.1) is 21.8 Å². The van der Waals surface area contributed by atoms with E-state index in [2.05, 4.69) is 0 Å². The zero-order chi connectivity index (χ0) is 14.4. The van der Waals surface area contributed by atoms with E-state index in [0.717, 1.165) is 10.5 Å². The van der Waals surface area contributed by atoms with Crippen LogP contribution in [-0.4, -0.2) is 11.8 Å². The molecule has 0 saturated carbocycles. The van der Waals surface area contributed by atoms with Crippen molar-refractivity contribution in [1.82, 2.24) is 0 Å². The number of carbonyl (C=O) groups is 2. The number of rotatable bonds is 1. The molecule has 2 aromatic carbocycles. The van der Waals surface area contributed by atoms with Gasteiger partial charge >= 0.3 is 0 Å². The number of anilines is 2. The van der Waals surface area contributed by atoms with Gasteiger partial charge in [-0.2, -0.15) is 0 Å². The summed E-state index contributed by atoms with van der Waals surface area (Å²) in [7, 11) is 0. The van der Waals surface area contributed by atoms with Gasteiger partial charge in [-0.1, -0.05) is 23.7 Å². The van der Waals surface area contributed by atoms with Gasteiger partial charge in [0, 0.05) is 5.69 Å². The Morgan fingerprint density at radius 1 is 1.10 bits per heavy atom. The van der Waals surface area contributed by atoms with Crippen LogP contribution < -0.4 is 10.6 Å². The lowest BCUT2D eigenvalue weighted by Gasteiger charge is -2.15. The van der Waals surface area contributed by atoms with E-state index >= 15 is 0 Å². The van der Waals surface area contributed by atoms with Crippen molar-refractivity contribution in [2.24, 2.45) is 0 Å². The molecule has 100 valence electrons. The number of halogens is 1. The third kappa shape index (κ3) is 1.69. The Balaban J connectivity index is 2.17. The SMILES string of the molecule is Cc1cccc2c1C(=O)N(c1ccc(N)cc1Cl)C2=O. The number of nitrogens with zero attached hydrogens (tertiary/aromatic N) is 1. The Bertz CT molecular complexity index is 756. The van der Waals surface area contributed by atoms with E-state index in [1.54, 1.807) is 37.3 Å². The highest BCUT2D eigenvalue weighted by molar-refractivity contribution is 6.40. The van der Waals surface area contributed by atoms with E-state index in [1.165, 1.54) is 6.07 Å². The largest absolute Gasteiger partial charge is 0.399 e. The summed E-state index contributed by atoms with van der Waals surface area (Å²) in [4.78, 5) is 26.0. The molecule has 0 atom stereocenters. The first-order valence-corrected chi connectivity index (χ1v) is 6.42. The second-order valence-corrected chi connectivity index (χ2v) is 5.06. The molecule has 0 saturated heterocycles. The number of benzene rings is 2. The summed E-state index contributed by atoms with van der Waals surface area (Å²) >= 11 is 6.10. The van der Waals surface area contributed by atoms with Crippen LogP contribution in [0.1, 0.15) is 26.3 Å². The van der Waals surface area contributed by atoms with Crippen LogP contribution in [0.5, 0.6) is 0 Å².